The number of sulfonamides is 1. The minimum absolute atomic E-state index is 0.134. The fraction of sp³-hybridized carbons (Fsp3) is 0.367. The van der Waals surface area contributed by atoms with Crippen LogP contribution in [0.4, 0.5) is 0 Å². The highest BCUT2D eigenvalue weighted by molar-refractivity contribution is 7.89. The van der Waals surface area contributed by atoms with Gasteiger partial charge in [0, 0.05) is 38.1 Å². The van der Waals surface area contributed by atoms with Crippen LogP contribution in [-0.2, 0) is 14.8 Å². The molecule has 212 valence electrons. The van der Waals surface area contributed by atoms with Crippen LogP contribution >= 0.6 is 0 Å². The standard InChI is InChI=1S/C30H34N2O7S/c1-3-15-32(40(35,36)24-7-5-4-6-8-24)17-16-31-19-25(22-11-14-26-27(18-22)39-20-38-26)28(30(33)34)29(31)21-9-12-23(37-2)13-10-21/h4-14,18,25,28-29H,3,15-17,19-20H2,1-2H3,(H,33,34). The summed E-state index contributed by atoms with van der Waals surface area (Å²) in [5.74, 6) is -0.102. The van der Waals surface area contributed by atoms with Gasteiger partial charge in [-0.05, 0) is 53.9 Å². The van der Waals surface area contributed by atoms with Crippen molar-refractivity contribution in [2.45, 2.75) is 30.2 Å². The second-order valence-corrected chi connectivity index (χ2v) is 12.0. The van der Waals surface area contributed by atoms with Crippen molar-refractivity contribution in [1.29, 1.82) is 0 Å². The Morgan fingerprint density at radius 1 is 1.00 bits per heavy atom. The van der Waals surface area contributed by atoms with E-state index in [9.17, 15) is 18.3 Å². The highest BCUT2D eigenvalue weighted by Crippen LogP contribution is 2.47. The van der Waals surface area contributed by atoms with E-state index in [0.717, 1.165) is 11.1 Å². The van der Waals surface area contributed by atoms with Gasteiger partial charge in [0.05, 0.1) is 17.9 Å². The van der Waals surface area contributed by atoms with Crippen molar-refractivity contribution in [2.24, 2.45) is 5.92 Å². The zero-order valence-corrected chi connectivity index (χ0v) is 23.4. The van der Waals surface area contributed by atoms with E-state index < -0.39 is 28.0 Å². The molecule has 0 saturated carbocycles. The number of hydrogen-bond donors (Lipinski definition) is 1. The molecule has 0 aliphatic carbocycles. The number of nitrogens with zero attached hydrogens (tertiary/aromatic N) is 2. The Hall–Kier alpha value is -3.60. The molecule has 1 fully saturated rings. The molecule has 0 radical (unpaired) electrons. The van der Waals surface area contributed by atoms with E-state index in [1.807, 2.05) is 49.4 Å². The maximum Gasteiger partial charge on any atom is 0.309 e. The van der Waals surface area contributed by atoms with Gasteiger partial charge in [0.15, 0.2) is 11.5 Å². The van der Waals surface area contributed by atoms with Crippen molar-refractivity contribution in [3.8, 4) is 17.2 Å². The van der Waals surface area contributed by atoms with Gasteiger partial charge < -0.3 is 19.3 Å². The lowest BCUT2D eigenvalue weighted by molar-refractivity contribution is -0.143. The molecule has 3 unspecified atom stereocenters. The van der Waals surface area contributed by atoms with Crippen molar-refractivity contribution in [1.82, 2.24) is 9.21 Å². The van der Waals surface area contributed by atoms with Crippen molar-refractivity contribution in [3.05, 3.63) is 83.9 Å². The van der Waals surface area contributed by atoms with Crippen LogP contribution in [0.2, 0.25) is 0 Å². The molecule has 0 spiro atoms. The predicted molar refractivity (Wildman–Crippen MR) is 149 cm³/mol. The van der Waals surface area contributed by atoms with Crippen molar-refractivity contribution in [2.75, 3.05) is 40.1 Å². The van der Waals surface area contributed by atoms with Crippen LogP contribution in [0.3, 0.4) is 0 Å². The highest BCUT2D eigenvalue weighted by Gasteiger charge is 2.47. The zero-order chi connectivity index (χ0) is 28.3. The number of carbonyl (C=O) groups is 1. The summed E-state index contributed by atoms with van der Waals surface area (Å²) in [5, 5.41) is 10.5. The molecule has 5 rings (SSSR count). The van der Waals surface area contributed by atoms with E-state index in [1.54, 1.807) is 37.4 Å². The van der Waals surface area contributed by atoms with Gasteiger partial charge in [0.25, 0.3) is 0 Å². The second-order valence-electron chi connectivity index (χ2n) is 10.0. The van der Waals surface area contributed by atoms with Gasteiger partial charge in [-0.1, -0.05) is 43.3 Å². The van der Waals surface area contributed by atoms with Gasteiger partial charge in [-0.3, -0.25) is 9.69 Å². The number of hydrogen-bond acceptors (Lipinski definition) is 7. The number of likely N-dealkylation sites (tertiary alicyclic amines) is 1. The van der Waals surface area contributed by atoms with Gasteiger partial charge in [0.1, 0.15) is 5.75 Å². The van der Waals surface area contributed by atoms with Crippen LogP contribution in [0, 0.1) is 5.92 Å². The summed E-state index contributed by atoms with van der Waals surface area (Å²) in [5.41, 5.74) is 1.68. The number of fused-ring (bicyclic) bond motifs is 1. The largest absolute Gasteiger partial charge is 0.497 e. The van der Waals surface area contributed by atoms with Gasteiger partial charge in [0.2, 0.25) is 16.8 Å². The Bertz CT molecular complexity index is 1430. The summed E-state index contributed by atoms with van der Waals surface area (Å²) in [6.45, 7) is 3.49. The van der Waals surface area contributed by atoms with E-state index in [-0.39, 0.29) is 24.2 Å². The average molecular weight is 567 g/mol. The molecule has 9 nitrogen and oxygen atoms in total. The van der Waals surface area contributed by atoms with Gasteiger partial charge in [-0.25, -0.2) is 8.42 Å². The first-order chi connectivity index (χ1) is 19.3. The minimum atomic E-state index is -3.71. The molecule has 0 aromatic heterocycles. The SMILES string of the molecule is CCCN(CCN1CC(c2ccc3c(c2)OCO3)C(C(=O)O)C1c1ccc(OC)cc1)S(=O)(=O)c1ccccc1. The number of benzene rings is 3. The Morgan fingerprint density at radius 3 is 2.38 bits per heavy atom. The third-order valence-electron chi connectivity index (χ3n) is 7.66. The van der Waals surface area contributed by atoms with Gasteiger partial charge in [-0.2, -0.15) is 4.31 Å². The van der Waals surface area contributed by atoms with Crippen LogP contribution < -0.4 is 14.2 Å². The molecule has 3 aromatic carbocycles. The average Bonchev–Trinajstić information content (AvgIpc) is 3.60. The molecule has 2 aliphatic rings. The van der Waals surface area contributed by atoms with E-state index in [0.29, 0.717) is 43.3 Å². The van der Waals surface area contributed by atoms with Crippen LogP contribution in [0.1, 0.15) is 36.4 Å². The fourth-order valence-corrected chi connectivity index (χ4v) is 7.27. The number of carboxylic acids is 1. The zero-order valence-electron chi connectivity index (χ0n) is 22.6. The lowest BCUT2D eigenvalue weighted by atomic mass is 9.82. The molecule has 0 bridgehead atoms. The van der Waals surface area contributed by atoms with Crippen molar-refractivity contribution < 1.29 is 32.5 Å². The summed E-state index contributed by atoms with van der Waals surface area (Å²) in [6, 6.07) is 20.9. The first-order valence-corrected chi connectivity index (χ1v) is 14.8. The number of rotatable bonds is 11. The molecule has 0 amide bonds. The third kappa shape index (κ3) is 5.52. The summed E-state index contributed by atoms with van der Waals surface area (Å²) < 4.78 is 44.8. The molecule has 3 aromatic rings. The van der Waals surface area contributed by atoms with Crippen LogP contribution in [-0.4, -0.2) is 68.8 Å². The molecule has 40 heavy (non-hydrogen) atoms. The minimum Gasteiger partial charge on any atom is -0.497 e. The first kappa shape index (κ1) is 27.9. The van der Waals surface area contributed by atoms with Crippen molar-refractivity contribution >= 4 is 16.0 Å². The number of ether oxygens (including phenoxy) is 3. The Labute approximate surface area is 234 Å². The topological polar surface area (TPSA) is 106 Å². The summed E-state index contributed by atoms with van der Waals surface area (Å²) in [7, 11) is -2.12. The third-order valence-corrected chi connectivity index (χ3v) is 9.57. The normalized spacial score (nSPS) is 20.6. The molecule has 10 heteroatoms. The Balaban J connectivity index is 1.48. The molecule has 1 N–H and O–H groups in total. The molecular weight excluding hydrogens is 532 g/mol. The van der Waals surface area contributed by atoms with Crippen molar-refractivity contribution in [3.63, 3.8) is 0 Å². The van der Waals surface area contributed by atoms with E-state index in [1.165, 1.54) is 4.31 Å². The smallest absolute Gasteiger partial charge is 0.309 e. The number of methoxy groups -OCH3 is 1. The maximum atomic E-state index is 13.5. The van der Waals surface area contributed by atoms with E-state index >= 15 is 0 Å². The maximum absolute atomic E-state index is 13.5. The Kier molecular flexibility index (Phi) is 8.30. The van der Waals surface area contributed by atoms with E-state index in [2.05, 4.69) is 4.90 Å². The number of aliphatic carboxylic acids is 1. The van der Waals surface area contributed by atoms with Gasteiger partial charge >= 0.3 is 5.97 Å². The van der Waals surface area contributed by atoms with Crippen LogP contribution in [0.25, 0.3) is 0 Å². The first-order valence-electron chi connectivity index (χ1n) is 13.4. The van der Waals surface area contributed by atoms with Crippen LogP contribution in [0.5, 0.6) is 17.2 Å². The lowest BCUT2D eigenvalue weighted by Gasteiger charge is -2.30. The number of carboxylic acid groups (broad SMARTS) is 1. The monoisotopic (exact) mass is 566 g/mol. The molecule has 2 aliphatic heterocycles. The highest BCUT2D eigenvalue weighted by atomic mass is 32.2. The molecule has 2 heterocycles. The summed E-state index contributed by atoms with van der Waals surface area (Å²) >= 11 is 0. The lowest BCUT2D eigenvalue weighted by Crippen LogP contribution is -2.39. The second kappa shape index (κ2) is 11.9. The predicted octanol–water partition coefficient (Wildman–Crippen LogP) is 4.37. The molecule has 1 saturated heterocycles. The molecule has 3 atom stereocenters. The van der Waals surface area contributed by atoms with E-state index in [4.69, 9.17) is 14.2 Å². The fourth-order valence-electron chi connectivity index (χ4n) is 5.72. The summed E-state index contributed by atoms with van der Waals surface area (Å²) in [6.07, 6.45) is 0.658. The molecular formula is C30H34N2O7S. The van der Waals surface area contributed by atoms with Gasteiger partial charge in [-0.15, -0.1) is 0 Å². The van der Waals surface area contributed by atoms with Crippen LogP contribution in [0.15, 0.2) is 77.7 Å². The Morgan fingerprint density at radius 2 is 1.70 bits per heavy atom. The summed E-state index contributed by atoms with van der Waals surface area (Å²) in [4.78, 5) is 15.2. The quantitative estimate of drug-likeness (QED) is 0.365.